The summed E-state index contributed by atoms with van der Waals surface area (Å²) >= 11 is 0. The van der Waals surface area contributed by atoms with Crippen molar-refractivity contribution in [3.63, 3.8) is 0 Å². The maximum Gasteiger partial charge on any atom is 0.325 e. The summed E-state index contributed by atoms with van der Waals surface area (Å²) in [6.45, 7) is 7.34. The van der Waals surface area contributed by atoms with Crippen molar-refractivity contribution in [2.24, 2.45) is 0 Å². The Morgan fingerprint density at radius 2 is 2.05 bits per heavy atom. The van der Waals surface area contributed by atoms with E-state index in [1.54, 1.807) is 11.9 Å². The number of urea groups is 1. The first-order valence-electron chi connectivity index (χ1n) is 6.99. The molecule has 2 amide bonds. The van der Waals surface area contributed by atoms with Gasteiger partial charge in [-0.25, -0.2) is 4.79 Å². The Balaban J connectivity index is 2.53. The van der Waals surface area contributed by atoms with Crippen molar-refractivity contribution in [2.75, 3.05) is 27.2 Å². The maximum atomic E-state index is 11.8. The summed E-state index contributed by atoms with van der Waals surface area (Å²) in [5, 5.41) is 6.97. The Hall–Kier alpha value is -2.05. The molecule has 0 fully saturated rings. The fourth-order valence-electron chi connectivity index (χ4n) is 2.14. The number of nitrogens with one attached hydrogen (secondary N) is 1. The number of hydrogen-bond donors (Lipinski definition) is 1. The second-order valence-electron chi connectivity index (χ2n) is 4.87. The Kier molecular flexibility index (Phi) is 6.20. The molecule has 0 atom stereocenters. The van der Waals surface area contributed by atoms with Crippen LogP contribution in [-0.2, 0) is 22.5 Å². The van der Waals surface area contributed by atoms with E-state index in [0.717, 1.165) is 24.4 Å². The summed E-state index contributed by atoms with van der Waals surface area (Å²) in [5.74, 6) is -0.465. The highest BCUT2D eigenvalue weighted by Gasteiger charge is 2.14. The van der Waals surface area contributed by atoms with Gasteiger partial charge in [0.1, 0.15) is 6.54 Å². The van der Waals surface area contributed by atoms with Gasteiger partial charge in [0.05, 0.1) is 12.8 Å². The fraction of sp³-hybridized carbons (Fsp3) is 0.643. The van der Waals surface area contributed by atoms with Gasteiger partial charge < -0.3 is 15.0 Å². The first kappa shape index (κ1) is 17.0. The highest BCUT2D eigenvalue weighted by molar-refractivity contribution is 5.80. The number of hydrogen-bond acceptors (Lipinski definition) is 4. The van der Waals surface area contributed by atoms with Gasteiger partial charge in [-0.3, -0.25) is 9.48 Å². The lowest BCUT2D eigenvalue weighted by Crippen LogP contribution is -2.41. The topological polar surface area (TPSA) is 76.5 Å². The van der Waals surface area contributed by atoms with Crippen LogP contribution >= 0.6 is 0 Å². The molecule has 0 saturated carbocycles. The molecule has 1 rings (SSSR count). The minimum absolute atomic E-state index is 0.120. The van der Waals surface area contributed by atoms with Crippen molar-refractivity contribution in [3.05, 3.63) is 17.0 Å². The molecule has 0 spiro atoms. The third kappa shape index (κ3) is 4.47. The molecule has 0 bridgehead atoms. The highest BCUT2D eigenvalue weighted by atomic mass is 16.5. The van der Waals surface area contributed by atoms with E-state index in [-0.39, 0.29) is 12.6 Å². The zero-order chi connectivity index (χ0) is 16.0. The lowest BCUT2D eigenvalue weighted by atomic mass is 10.1. The fourth-order valence-corrected chi connectivity index (χ4v) is 2.14. The molecule has 0 radical (unpaired) electrons. The standard InChI is InChI=1S/C14H24N4O3/c1-6-18-11(3)12(10(2)16-18)7-8-17(4)14(20)15-9-13(19)21-5/h6-9H2,1-5H3,(H,15,20). The largest absolute Gasteiger partial charge is 0.468 e. The van der Waals surface area contributed by atoms with Gasteiger partial charge in [-0.1, -0.05) is 0 Å². The molecule has 0 unspecified atom stereocenters. The Morgan fingerprint density at radius 3 is 2.57 bits per heavy atom. The van der Waals surface area contributed by atoms with Gasteiger partial charge in [0, 0.05) is 25.8 Å². The highest BCUT2D eigenvalue weighted by Crippen LogP contribution is 2.13. The second-order valence-corrected chi connectivity index (χ2v) is 4.87. The number of nitrogens with zero attached hydrogens (tertiary/aromatic N) is 3. The lowest BCUT2D eigenvalue weighted by Gasteiger charge is -2.17. The van der Waals surface area contributed by atoms with Crippen LogP contribution in [0.3, 0.4) is 0 Å². The van der Waals surface area contributed by atoms with Crippen molar-refractivity contribution >= 4 is 12.0 Å². The second kappa shape index (κ2) is 7.66. The number of carbonyl (C=O) groups excluding carboxylic acids is 2. The van der Waals surface area contributed by atoms with Crippen LogP contribution in [0.4, 0.5) is 4.79 Å². The number of methoxy groups -OCH3 is 1. The van der Waals surface area contributed by atoms with Crippen LogP contribution in [0.1, 0.15) is 23.9 Å². The molecule has 21 heavy (non-hydrogen) atoms. The average molecular weight is 296 g/mol. The van der Waals surface area contributed by atoms with E-state index in [1.807, 2.05) is 18.5 Å². The van der Waals surface area contributed by atoms with Crippen molar-refractivity contribution in [1.82, 2.24) is 20.0 Å². The first-order valence-corrected chi connectivity index (χ1v) is 6.99. The Morgan fingerprint density at radius 1 is 1.38 bits per heavy atom. The Labute approximate surface area is 125 Å². The monoisotopic (exact) mass is 296 g/mol. The van der Waals surface area contributed by atoms with Crippen molar-refractivity contribution in [1.29, 1.82) is 0 Å². The Bertz CT molecular complexity index is 511. The normalized spacial score (nSPS) is 10.3. The summed E-state index contributed by atoms with van der Waals surface area (Å²) in [7, 11) is 2.98. The molecule has 0 saturated heterocycles. The number of carbonyl (C=O) groups is 2. The van der Waals surface area contributed by atoms with Gasteiger partial charge in [-0.15, -0.1) is 0 Å². The summed E-state index contributed by atoms with van der Waals surface area (Å²) < 4.78 is 6.43. The number of rotatable bonds is 6. The number of likely N-dealkylation sites (N-methyl/N-ethyl adjacent to an activating group) is 1. The van der Waals surface area contributed by atoms with Crippen LogP contribution < -0.4 is 5.32 Å². The van der Waals surface area contributed by atoms with Crippen molar-refractivity contribution in [2.45, 2.75) is 33.7 Å². The summed E-state index contributed by atoms with van der Waals surface area (Å²) in [6, 6.07) is -0.293. The smallest absolute Gasteiger partial charge is 0.325 e. The van der Waals surface area contributed by atoms with Gasteiger partial charge in [-0.05, 0) is 32.8 Å². The third-order valence-electron chi connectivity index (χ3n) is 3.49. The van der Waals surface area contributed by atoms with Gasteiger partial charge in [-0.2, -0.15) is 5.10 Å². The van der Waals surface area contributed by atoms with Crippen LogP contribution in [0.5, 0.6) is 0 Å². The molecular weight excluding hydrogens is 272 g/mol. The first-order chi connectivity index (χ1) is 9.90. The zero-order valence-corrected chi connectivity index (χ0v) is 13.4. The SMILES string of the molecule is CCn1nc(C)c(CCN(C)C(=O)NCC(=O)OC)c1C. The lowest BCUT2D eigenvalue weighted by molar-refractivity contribution is -0.139. The van der Waals surface area contributed by atoms with E-state index in [2.05, 4.69) is 22.1 Å². The summed E-state index contributed by atoms with van der Waals surface area (Å²) in [5.41, 5.74) is 3.31. The molecule has 1 heterocycles. The van der Waals surface area contributed by atoms with Crippen molar-refractivity contribution in [3.8, 4) is 0 Å². The minimum atomic E-state index is -0.465. The molecule has 118 valence electrons. The van der Waals surface area contributed by atoms with E-state index >= 15 is 0 Å². The molecule has 1 aromatic rings. The van der Waals surface area contributed by atoms with Crippen LogP contribution in [0.25, 0.3) is 0 Å². The van der Waals surface area contributed by atoms with Crippen LogP contribution in [-0.4, -0.2) is 53.9 Å². The van der Waals surface area contributed by atoms with E-state index in [0.29, 0.717) is 6.54 Å². The zero-order valence-electron chi connectivity index (χ0n) is 13.4. The molecule has 0 aliphatic carbocycles. The predicted molar refractivity (Wildman–Crippen MR) is 79.1 cm³/mol. The van der Waals surface area contributed by atoms with E-state index in [9.17, 15) is 9.59 Å². The quantitative estimate of drug-likeness (QED) is 0.791. The van der Waals surface area contributed by atoms with Gasteiger partial charge in [0.15, 0.2) is 0 Å². The molecule has 0 aliphatic heterocycles. The van der Waals surface area contributed by atoms with Gasteiger partial charge >= 0.3 is 12.0 Å². The third-order valence-corrected chi connectivity index (χ3v) is 3.49. The van der Waals surface area contributed by atoms with Crippen molar-refractivity contribution < 1.29 is 14.3 Å². The molecule has 1 N–H and O–H groups in total. The molecule has 7 heteroatoms. The van der Waals surface area contributed by atoms with E-state index in [4.69, 9.17) is 0 Å². The van der Waals surface area contributed by atoms with E-state index < -0.39 is 5.97 Å². The predicted octanol–water partition coefficient (Wildman–Crippen LogP) is 0.877. The van der Waals surface area contributed by atoms with E-state index in [1.165, 1.54) is 12.7 Å². The molecule has 7 nitrogen and oxygen atoms in total. The number of esters is 1. The average Bonchev–Trinajstić information content (AvgIpc) is 2.75. The number of ether oxygens (including phenoxy) is 1. The summed E-state index contributed by atoms with van der Waals surface area (Å²) in [4.78, 5) is 24.3. The maximum absolute atomic E-state index is 11.8. The number of aromatic nitrogens is 2. The molecule has 0 aliphatic rings. The van der Waals surface area contributed by atoms with Crippen LogP contribution in [0.15, 0.2) is 0 Å². The van der Waals surface area contributed by atoms with Gasteiger partial charge in [0.25, 0.3) is 0 Å². The number of aryl methyl sites for hydroxylation is 2. The summed E-state index contributed by atoms with van der Waals surface area (Å²) in [6.07, 6.45) is 0.736. The van der Waals surface area contributed by atoms with Crippen LogP contribution in [0, 0.1) is 13.8 Å². The molecule has 0 aromatic carbocycles. The minimum Gasteiger partial charge on any atom is -0.468 e. The van der Waals surface area contributed by atoms with Gasteiger partial charge in [0.2, 0.25) is 0 Å². The molecular formula is C14H24N4O3. The molecule has 1 aromatic heterocycles. The number of amides is 2. The van der Waals surface area contributed by atoms with Crippen LogP contribution in [0.2, 0.25) is 0 Å².